The van der Waals surface area contributed by atoms with Gasteiger partial charge in [0.15, 0.2) is 0 Å². The number of carbonyl (C=O) groups is 1. The van der Waals surface area contributed by atoms with E-state index in [1.54, 1.807) is 0 Å². The molecule has 1 aliphatic heterocycles. The van der Waals surface area contributed by atoms with E-state index in [4.69, 9.17) is 10.5 Å². The third-order valence-electron chi connectivity index (χ3n) is 6.45. The van der Waals surface area contributed by atoms with Gasteiger partial charge in [-0.3, -0.25) is 0 Å². The molecule has 3 rings (SSSR count). The number of piperidine rings is 1. The van der Waals surface area contributed by atoms with Crippen LogP contribution in [0.2, 0.25) is 0 Å². The molecule has 3 unspecified atom stereocenters. The largest absolute Gasteiger partial charge is 0.489 e. The number of benzene rings is 2. The first kappa shape index (κ1) is 26.0. The van der Waals surface area contributed by atoms with Gasteiger partial charge in [0.05, 0.1) is 6.04 Å². The summed E-state index contributed by atoms with van der Waals surface area (Å²) in [5, 5.41) is 0. The quantitative estimate of drug-likeness (QED) is 0.352. The molecule has 1 heterocycles. The molecule has 0 bridgehead atoms. The molecular formula is C29H41N3O2. The standard InChI is InChI=1S/C29H41N3O2/c1-23(2)15-17-32(28-10-7-16-31(20-28)19-24(3)18-26(30)21-33)27-11-13-29(14-12-27)34-22-25-8-5-4-6-9-25/h4-6,8-9,11-15,21,24,26,28H,7,10,16-20,22,30H2,1-3H3. The van der Waals surface area contributed by atoms with Gasteiger partial charge in [-0.05, 0) is 75.4 Å². The molecule has 0 spiro atoms. The third-order valence-corrected chi connectivity index (χ3v) is 6.45. The van der Waals surface area contributed by atoms with E-state index in [9.17, 15) is 4.79 Å². The van der Waals surface area contributed by atoms with Crippen LogP contribution in [0.15, 0.2) is 66.2 Å². The Hall–Kier alpha value is -2.63. The number of nitrogens with zero attached hydrogens (tertiary/aromatic N) is 2. The fraction of sp³-hybridized carbons (Fsp3) is 0.483. The second-order valence-electron chi connectivity index (χ2n) is 9.90. The highest BCUT2D eigenvalue weighted by Crippen LogP contribution is 2.26. The predicted octanol–water partition coefficient (Wildman–Crippen LogP) is 5.06. The minimum Gasteiger partial charge on any atom is -0.489 e. The van der Waals surface area contributed by atoms with Gasteiger partial charge in [0.25, 0.3) is 0 Å². The van der Waals surface area contributed by atoms with Crippen LogP contribution < -0.4 is 15.4 Å². The maximum absolute atomic E-state index is 10.9. The van der Waals surface area contributed by atoms with Crippen LogP contribution in [0.4, 0.5) is 5.69 Å². The molecule has 0 aromatic heterocycles. The molecule has 0 radical (unpaired) electrons. The number of hydrogen-bond donors (Lipinski definition) is 1. The van der Waals surface area contributed by atoms with Crippen molar-refractivity contribution in [3.63, 3.8) is 0 Å². The van der Waals surface area contributed by atoms with Crippen molar-refractivity contribution in [3.05, 3.63) is 71.8 Å². The van der Waals surface area contributed by atoms with Gasteiger partial charge >= 0.3 is 0 Å². The van der Waals surface area contributed by atoms with Crippen LogP contribution >= 0.6 is 0 Å². The summed E-state index contributed by atoms with van der Waals surface area (Å²) in [5.41, 5.74) is 9.58. The van der Waals surface area contributed by atoms with Crippen molar-refractivity contribution in [1.29, 1.82) is 0 Å². The van der Waals surface area contributed by atoms with Crippen molar-refractivity contribution < 1.29 is 9.53 Å². The first-order chi connectivity index (χ1) is 16.4. The minimum atomic E-state index is -0.354. The summed E-state index contributed by atoms with van der Waals surface area (Å²) in [6, 6.07) is 18.9. The molecule has 0 aliphatic carbocycles. The molecule has 2 aromatic rings. The molecular weight excluding hydrogens is 422 g/mol. The maximum Gasteiger partial charge on any atom is 0.136 e. The molecule has 1 saturated heterocycles. The van der Waals surface area contributed by atoms with Crippen LogP contribution in [0.5, 0.6) is 5.75 Å². The number of hydrogen-bond acceptors (Lipinski definition) is 5. The molecule has 34 heavy (non-hydrogen) atoms. The molecule has 5 heteroatoms. The molecule has 2 aromatic carbocycles. The van der Waals surface area contributed by atoms with E-state index in [2.05, 4.69) is 73.0 Å². The smallest absolute Gasteiger partial charge is 0.136 e. The van der Waals surface area contributed by atoms with E-state index in [0.717, 1.165) is 44.6 Å². The van der Waals surface area contributed by atoms with E-state index in [1.807, 2.05) is 18.2 Å². The van der Waals surface area contributed by atoms with Gasteiger partial charge in [-0.2, -0.15) is 0 Å². The highest BCUT2D eigenvalue weighted by atomic mass is 16.5. The Morgan fingerprint density at radius 2 is 1.91 bits per heavy atom. The number of carbonyl (C=O) groups excluding carboxylic acids is 1. The van der Waals surface area contributed by atoms with Crippen molar-refractivity contribution in [1.82, 2.24) is 4.90 Å². The highest BCUT2D eigenvalue weighted by Gasteiger charge is 2.26. The number of allylic oxidation sites excluding steroid dienone is 1. The van der Waals surface area contributed by atoms with E-state index in [0.29, 0.717) is 18.6 Å². The zero-order chi connectivity index (χ0) is 24.3. The summed E-state index contributed by atoms with van der Waals surface area (Å²) < 4.78 is 6.00. The van der Waals surface area contributed by atoms with Gasteiger partial charge in [0.2, 0.25) is 0 Å². The summed E-state index contributed by atoms with van der Waals surface area (Å²) in [4.78, 5) is 16.0. The normalized spacial score (nSPS) is 18.1. The van der Waals surface area contributed by atoms with Crippen LogP contribution in [0.25, 0.3) is 0 Å². The van der Waals surface area contributed by atoms with Crippen molar-refractivity contribution >= 4 is 12.0 Å². The van der Waals surface area contributed by atoms with Gasteiger partial charge in [-0.15, -0.1) is 0 Å². The number of likely N-dealkylation sites (tertiary alicyclic amines) is 1. The molecule has 2 N–H and O–H groups in total. The third kappa shape index (κ3) is 8.30. The van der Waals surface area contributed by atoms with Gasteiger partial charge in [-0.1, -0.05) is 48.9 Å². The number of aldehydes is 1. The predicted molar refractivity (Wildman–Crippen MR) is 141 cm³/mol. The summed E-state index contributed by atoms with van der Waals surface area (Å²) in [5.74, 6) is 1.30. The fourth-order valence-corrected chi connectivity index (χ4v) is 4.71. The lowest BCUT2D eigenvalue weighted by Gasteiger charge is -2.41. The van der Waals surface area contributed by atoms with Crippen molar-refractivity contribution in [2.45, 2.75) is 58.7 Å². The first-order valence-electron chi connectivity index (χ1n) is 12.5. The Morgan fingerprint density at radius 1 is 1.18 bits per heavy atom. The van der Waals surface area contributed by atoms with Crippen molar-refractivity contribution in [3.8, 4) is 5.75 Å². The topological polar surface area (TPSA) is 58.8 Å². The first-order valence-corrected chi connectivity index (χ1v) is 12.5. The van der Waals surface area contributed by atoms with Crippen LogP contribution in [0.3, 0.4) is 0 Å². The highest BCUT2D eigenvalue weighted by molar-refractivity contribution is 5.56. The lowest BCUT2D eigenvalue weighted by Crippen LogP contribution is -2.49. The zero-order valence-corrected chi connectivity index (χ0v) is 21.0. The number of ether oxygens (including phenoxy) is 1. The summed E-state index contributed by atoms with van der Waals surface area (Å²) in [7, 11) is 0. The van der Waals surface area contributed by atoms with Crippen molar-refractivity contribution in [2.24, 2.45) is 11.7 Å². The lowest BCUT2D eigenvalue weighted by atomic mass is 9.98. The van der Waals surface area contributed by atoms with Crippen LogP contribution in [0.1, 0.15) is 45.6 Å². The number of nitrogens with two attached hydrogens (primary N) is 1. The Labute approximate surface area is 205 Å². The average Bonchev–Trinajstić information content (AvgIpc) is 2.84. The Balaban J connectivity index is 1.65. The summed E-state index contributed by atoms with van der Waals surface area (Å²) >= 11 is 0. The van der Waals surface area contributed by atoms with E-state index in [1.165, 1.54) is 29.7 Å². The molecule has 0 saturated carbocycles. The number of anilines is 1. The van der Waals surface area contributed by atoms with Crippen molar-refractivity contribution in [2.75, 3.05) is 31.1 Å². The average molecular weight is 464 g/mol. The van der Waals surface area contributed by atoms with Crippen LogP contribution in [0, 0.1) is 5.92 Å². The van der Waals surface area contributed by atoms with E-state index >= 15 is 0 Å². The second kappa shape index (κ2) is 13.3. The lowest BCUT2D eigenvalue weighted by molar-refractivity contribution is -0.109. The fourth-order valence-electron chi connectivity index (χ4n) is 4.71. The van der Waals surface area contributed by atoms with Crippen LogP contribution in [-0.4, -0.2) is 49.4 Å². The summed E-state index contributed by atoms with van der Waals surface area (Å²) in [6.07, 6.45) is 6.28. The Bertz CT molecular complexity index is 893. The summed E-state index contributed by atoms with van der Waals surface area (Å²) in [6.45, 7) is 11.1. The molecule has 1 fully saturated rings. The van der Waals surface area contributed by atoms with Gasteiger partial charge < -0.3 is 25.1 Å². The van der Waals surface area contributed by atoms with Gasteiger partial charge in [0.1, 0.15) is 18.6 Å². The molecule has 5 nitrogen and oxygen atoms in total. The maximum atomic E-state index is 10.9. The SMILES string of the molecule is CC(C)=CCN(c1ccc(OCc2ccccc2)cc1)C1CCCN(CC(C)CC(N)C=O)C1. The molecule has 3 atom stereocenters. The molecule has 184 valence electrons. The second-order valence-corrected chi connectivity index (χ2v) is 9.90. The Morgan fingerprint density at radius 3 is 2.59 bits per heavy atom. The molecule has 0 amide bonds. The zero-order valence-electron chi connectivity index (χ0n) is 21.0. The minimum absolute atomic E-state index is 0.354. The Kier molecular flexibility index (Phi) is 10.2. The monoisotopic (exact) mass is 463 g/mol. The van der Waals surface area contributed by atoms with E-state index in [-0.39, 0.29) is 6.04 Å². The van der Waals surface area contributed by atoms with E-state index < -0.39 is 0 Å². The molecule has 1 aliphatic rings. The number of rotatable bonds is 12. The van der Waals surface area contributed by atoms with Gasteiger partial charge in [0, 0.05) is 31.4 Å². The van der Waals surface area contributed by atoms with Crippen LogP contribution in [-0.2, 0) is 11.4 Å². The van der Waals surface area contributed by atoms with Gasteiger partial charge in [-0.25, -0.2) is 0 Å².